The van der Waals surface area contributed by atoms with E-state index >= 15 is 0 Å². The second-order valence-electron chi connectivity index (χ2n) is 7.35. The summed E-state index contributed by atoms with van der Waals surface area (Å²) in [5, 5.41) is 3.55. The van der Waals surface area contributed by atoms with Gasteiger partial charge in [0.05, 0.1) is 0 Å². The Morgan fingerprint density at radius 1 is 1.23 bits per heavy atom. The number of halogens is 1. The highest BCUT2D eigenvalue weighted by molar-refractivity contribution is 6.30. The first kappa shape index (κ1) is 17.3. The molecule has 7 heteroatoms. The number of rotatable bonds is 4. The fraction of sp³-hybridized carbons (Fsp3) is 0.526. The molecule has 1 saturated carbocycles. The SMILES string of the molecule is O=C1NC2(CCCC2)C(=O)N1CCCC(=O)N1CCc2cc(Cl)ccc21. The monoisotopic (exact) mass is 375 g/mol. The highest BCUT2D eigenvalue weighted by Gasteiger charge is 2.52. The number of imide groups is 1. The Hall–Kier alpha value is -2.08. The number of urea groups is 1. The summed E-state index contributed by atoms with van der Waals surface area (Å²) in [5.41, 5.74) is 1.33. The van der Waals surface area contributed by atoms with Gasteiger partial charge in [0, 0.05) is 30.2 Å². The Balaban J connectivity index is 1.34. The van der Waals surface area contributed by atoms with Crippen LogP contribution in [0.3, 0.4) is 0 Å². The number of fused-ring (bicyclic) bond motifs is 1. The van der Waals surface area contributed by atoms with Gasteiger partial charge in [-0.1, -0.05) is 24.4 Å². The molecule has 1 aromatic carbocycles. The van der Waals surface area contributed by atoms with E-state index < -0.39 is 5.54 Å². The van der Waals surface area contributed by atoms with E-state index in [9.17, 15) is 14.4 Å². The summed E-state index contributed by atoms with van der Waals surface area (Å²) in [6.45, 7) is 0.945. The van der Waals surface area contributed by atoms with E-state index in [0.29, 0.717) is 31.0 Å². The molecule has 138 valence electrons. The molecule has 0 atom stereocenters. The molecule has 1 aromatic rings. The molecule has 1 N–H and O–H groups in total. The van der Waals surface area contributed by atoms with Crippen molar-refractivity contribution >= 4 is 35.1 Å². The summed E-state index contributed by atoms with van der Waals surface area (Å²) in [6.07, 6.45) is 4.98. The quantitative estimate of drug-likeness (QED) is 0.822. The van der Waals surface area contributed by atoms with Crippen LogP contribution in [0.2, 0.25) is 5.02 Å². The number of benzene rings is 1. The van der Waals surface area contributed by atoms with Gasteiger partial charge in [-0.3, -0.25) is 14.5 Å². The minimum Gasteiger partial charge on any atom is -0.323 e. The molecule has 4 rings (SSSR count). The van der Waals surface area contributed by atoms with Gasteiger partial charge in [0.25, 0.3) is 5.91 Å². The molecular formula is C19H22ClN3O3. The molecule has 26 heavy (non-hydrogen) atoms. The molecular weight excluding hydrogens is 354 g/mol. The Kier molecular flexibility index (Phi) is 4.39. The van der Waals surface area contributed by atoms with Gasteiger partial charge in [0.1, 0.15) is 5.54 Å². The van der Waals surface area contributed by atoms with Crippen molar-refractivity contribution in [3.63, 3.8) is 0 Å². The Labute approximate surface area is 157 Å². The predicted molar refractivity (Wildman–Crippen MR) is 98.2 cm³/mol. The number of hydrogen-bond acceptors (Lipinski definition) is 3. The lowest BCUT2D eigenvalue weighted by molar-refractivity contribution is -0.131. The van der Waals surface area contributed by atoms with Gasteiger partial charge in [-0.2, -0.15) is 0 Å². The van der Waals surface area contributed by atoms with Crippen molar-refractivity contribution in [2.24, 2.45) is 0 Å². The molecule has 0 radical (unpaired) electrons. The van der Waals surface area contributed by atoms with E-state index in [0.717, 1.165) is 43.4 Å². The number of anilines is 1. The van der Waals surface area contributed by atoms with Crippen molar-refractivity contribution in [3.8, 4) is 0 Å². The maximum absolute atomic E-state index is 12.6. The molecule has 1 aliphatic carbocycles. The van der Waals surface area contributed by atoms with Crippen molar-refractivity contribution in [2.45, 2.75) is 50.5 Å². The predicted octanol–water partition coefficient (Wildman–Crippen LogP) is 2.87. The third-order valence-electron chi connectivity index (χ3n) is 5.71. The molecule has 0 bridgehead atoms. The molecule has 1 saturated heterocycles. The molecule has 3 aliphatic rings. The number of nitrogens with zero attached hydrogens (tertiary/aromatic N) is 2. The van der Waals surface area contributed by atoms with Gasteiger partial charge < -0.3 is 10.2 Å². The lowest BCUT2D eigenvalue weighted by Gasteiger charge is -2.20. The smallest absolute Gasteiger partial charge is 0.323 e. The van der Waals surface area contributed by atoms with Crippen LogP contribution in [0.15, 0.2) is 18.2 Å². The fourth-order valence-electron chi connectivity index (χ4n) is 4.35. The van der Waals surface area contributed by atoms with E-state index in [2.05, 4.69) is 5.32 Å². The summed E-state index contributed by atoms with van der Waals surface area (Å²) in [5.74, 6) is -0.0951. The lowest BCUT2D eigenvalue weighted by atomic mass is 9.98. The third-order valence-corrected chi connectivity index (χ3v) is 5.95. The van der Waals surface area contributed by atoms with Crippen LogP contribution in [0.25, 0.3) is 0 Å². The second kappa shape index (κ2) is 6.58. The number of nitrogens with one attached hydrogen (secondary N) is 1. The van der Waals surface area contributed by atoms with Gasteiger partial charge in [-0.15, -0.1) is 0 Å². The van der Waals surface area contributed by atoms with Crippen molar-refractivity contribution in [3.05, 3.63) is 28.8 Å². The Morgan fingerprint density at radius 3 is 2.77 bits per heavy atom. The van der Waals surface area contributed by atoms with Crippen molar-refractivity contribution in [1.29, 1.82) is 0 Å². The molecule has 2 heterocycles. The van der Waals surface area contributed by atoms with Crippen LogP contribution in [0.5, 0.6) is 0 Å². The maximum Gasteiger partial charge on any atom is 0.325 e. The molecule has 2 aliphatic heterocycles. The average Bonchev–Trinajstić information content (AvgIpc) is 3.29. The van der Waals surface area contributed by atoms with E-state index in [-0.39, 0.29) is 17.8 Å². The van der Waals surface area contributed by atoms with E-state index in [1.165, 1.54) is 4.90 Å². The summed E-state index contributed by atoms with van der Waals surface area (Å²) in [6, 6.07) is 5.26. The molecule has 4 amide bonds. The van der Waals surface area contributed by atoms with Crippen LogP contribution in [-0.2, 0) is 16.0 Å². The van der Waals surface area contributed by atoms with E-state index in [4.69, 9.17) is 11.6 Å². The van der Waals surface area contributed by atoms with Crippen molar-refractivity contribution in [1.82, 2.24) is 10.2 Å². The van der Waals surface area contributed by atoms with Gasteiger partial charge in [0.15, 0.2) is 0 Å². The van der Waals surface area contributed by atoms with Gasteiger partial charge in [-0.25, -0.2) is 4.79 Å². The highest BCUT2D eigenvalue weighted by Crippen LogP contribution is 2.35. The van der Waals surface area contributed by atoms with Gasteiger partial charge in [-0.05, 0) is 49.4 Å². The number of hydrogen-bond donors (Lipinski definition) is 1. The number of carbonyl (C=O) groups excluding carboxylic acids is 3. The molecule has 0 aromatic heterocycles. The largest absolute Gasteiger partial charge is 0.325 e. The van der Waals surface area contributed by atoms with Crippen molar-refractivity contribution in [2.75, 3.05) is 18.0 Å². The fourth-order valence-corrected chi connectivity index (χ4v) is 4.54. The summed E-state index contributed by atoms with van der Waals surface area (Å²) in [7, 11) is 0. The minimum absolute atomic E-state index is 0.0220. The number of carbonyl (C=O) groups is 3. The molecule has 1 spiro atoms. The molecule has 0 unspecified atom stereocenters. The Morgan fingerprint density at radius 2 is 2.00 bits per heavy atom. The van der Waals surface area contributed by atoms with Crippen LogP contribution in [0.4, 0.5) is 10.5 Å². The first-order chi connectivity index (χ1) is 12.5. The Bertz CT molecular complexity index is 773. The average molecular weight is 376 g/mol. The first-order valence-corrected chi connectivity index (χ1v) is 9.61. The van der Waals surface area contributed by atoms with E-state index in [1.807, 2.05) is 12.1 Å². The van der Waals surface area contributed by atoms with Crippen LogP contribution >= 0.6 is 11.6 Å². The van der Waals surface area contributed by atoms with Crippen LogP contribution in [0, 0.1) is 0 Å². The van der Waals surface area contributed by atoms with Gasteiger partial charge >= 0.3 is 6.03 Å². The summed E-state index contributed by atoms with van der Waals surface area (Å²) in [4.78, 5) is 40.4. The minimum atomic E-state index is -0.672. The van der Waals surface area contributed by atoms with Crippen molar-refractivity contribution < 1.29 is 14.4 Å². The standard InChI is InChI=1S/C19H22ClN3O3/c20-14-5-6-15-13(12-14)7-11-22(15)16(24)4-3-10-23-17(25)19(21-18(23)26)8-1-2-9-19/h5-6,12H,1-4,7-11H2,(H,21,26). The van der Waals surface area contributed by atoms with Gasteiger partial charge in [0.2, 0.25) is 5.91 Å². The number of amides is 4. The molecule has 6 nitrogen and oxygen atoms in total. The highest BCUT2D eigenvalue weighted by atomic mass is 35.5. The first-order valence-electron chi connectivity index (χ1n) is 9.23. The topological polar surface area (TPSA) is 69.7 Å². The zero-order chi connectivity index (χ0) is 18.3. The summed E-state index contributed by atoms with van der Waals surface area (Å²) < 4.78 is 0. The van der Waals surface area contributed by atoms with Crippen LogP contribution < -0.4 is 10.2 Å². The molecule has 2 fully saturated rings. The van der Waals surface area contributed by atoms with Crippen LogP contribution in [-0.4, -0.2) is 41.4 Å². The lowest BCUT2D eigenvalue weighted by Crippen LogP contribution is -2.44. The maximum atomic E-state index is 12.6. The zero-order valence-corrected chi connectivity index (χ0v) is 15.3. The van der Waals surface area contributed by atoms with Crippen LogP contribution in [0.1, 0.15) is 44.1 Å². The second-order valence-corrected chi connectivity index (χ2v) is 7.78. The zero-order valence-electron chi connectivity index (χ0n) is 14.6. The van der Waals surface area contributed by atoms with E-state index in [1.54, 1.807) is 11.0 Å². The third kappa shape index (κ3) is 2.86. The normalized spacial score (nSPS) is 20.8. The summed E-state index contributed by atoms with van der Waals surface area (Å²) >= 11 is 6.01.